The number of unbranched alkanes of at least 4 members (excludes halogenated alkanes) is 8. The molecule has 0 spiro atoms. The molecule has 6 heteroatoms. The maximum absolute atomic E-state index is 12.2. The Hall–Kier alpha value is -0.230. The van der Waals surface area contributed by atoms with E-state index in [1.54, 1.807) is 6.21 Å². The molecule has 5 nitrogen and oxygen atoms in total. The van der Waals surface area contributed by atoms with Crippen LogP contribution in [0, 0.1) is 11.8 Å². The van der Waals surface area contributed by atoms with Crippen molar-refractivity contribution in [3.63, 3.8) is 0 Å². The van der Waals surface area contributed by atoms with Gasteiger partial charge in [-0.1, -0.05) is 79.6 Å². The summed E-state index contributed by atoms with van der Waals surface area (Å²) in [6, 6.07) is -1.43. The Morgan fingerprint density at radius 1 is 0.926 bits per heavy atom. The molecule has 0 saturated carbocycles. The Morgan fingerprint density at radius 3 is 1.93 bits per heavy atom. The molecule has 0 fully saturated rings. The van der Waals surface area contributed by atoms with E-state index in [1.807, 2.05) is 27.7 Å². The molecule has 0 aromatic rings. The van der Waals surface area contributed by atoms with Gasteiger partial charge < -0.3 is 11.9 Å². The Kier molecular flexibility index (Phi) is 19.1. The van der Waals surface area contributed by atoms with E-state index in [9.17, 15) is 9.59 Å². The average Bonchev–Trinajstić information content (AvgIpc) is 2.58. The molecule has 0 aromatic heterocycles. The minimum Gasteiger partial charge on any atom is -1.00 e. The summed E-state index contributed by atoms with van der Waals surface area (Å²) in [4.78, 5) is 28.4. The number of hydrogen-bond acceptors (Lipinski definition) is 5. The van der Waals surface area contributed by atoms with Gasteiger partial charge in [0.25, 0.3) is 0 Å². The molecule has 0 amide bonds. The van der Waals surface area contributed by atoms with Crippen molar-refractivity contribution in [3.05, 3.63) is 0 Å². The predicted octanol–water partition coefficient (Wildman–Crippen LogP) is 1.78. The van der Waals surface area contributed by atoms with E-state index in [0.29, 0.717) is 0 Å². The van der Waals surface area contributed by atoms with Gasteiger partial charge >= 0.3 is 41.5 Å². The number of ether oxygens (including phenoxy) is 1. The number of esters is 2. The van der Waals surface area contributed by atoms with Crippen molar-refractivity contribution in [2.75, 3.05) is 0 Å². The summed E-state index contributed by atoms with van der Waals surface area (Å²) in [5.74, 6) is -1.37. The van der Waals surface area contributed by atoms with Crippen LogP contribution in [0.5, 0.6) is 0 Å². The van der Waals surface area contributed by atoms with Crippen LogP contribution < -0.4 is 35.3 Å². The van der Waals surface area contributed by atoms with Crippen LogP contribution in [0.3, 0.4) is 0 Å². The van der Waals surface area contributed by atoms with Gasteiger partial charge in [0.15, 0.2) is 0 Å². The second kappa shape index (κ2) is 17.8. The first kappa shape index (κ1) is 29.0. The van der Waals surface area contributed by atoms with Crippen molar-refractivity contribution in [2.24, 2.45) is 22.6 Å². The van der Waals surface area contributed by atoms with Gasteiger partial charge in [0.2, 0.25) is 0 Å². The number of aliphatic imine (C=N–C) groups is 1. The molecule has 0 aliphatic rings. The first-order chi connectivity index (χ1) is 12.3. The van der Waals surface area contributed by atoms with Gasteiger partial charge in [0.05, 0.1) is 0 Å². The molecular weight excluding hydrogens is 351 g/mol. The van der Waals surface area contributed by atoms with E-state index in [-0.39, 0.29) is 42.8 Å². The largest absolute Gasteiger partial charge is 1.00 e. The normalized spacial score (nSPS) is 13.6. The number of hydrogen-bond donors (Lipinski definition) is 1. The van der Waals surface area contributed by atoms with Crippen molar-refractivity contribution in [1.29, 1.82) is 0 Å². The van der Waals surface area contributed by atoms with E-state index in [4.69, 9.17) is 10.5 Å². The molecule has 0 aliphatic heterocycles. The standard InChI is InChI=1S/C21H40N2O3.Na.H/c1-6-7-8-9-10-11-12-13-14-15-23-19(17(4)5)21(25)26-20(24)18(22)16(2)3;;/h15-19H,6-14,22H2,1-5H3;;/q;+1;-1/t18-,19-;;/m0../s1. The number of nitrogens with zero attached hydrogens (tertiary/aromatic N) is 1. The molecule has 0 heterocycles. The Morgan fingerprint density at radius 2 is 1.44 bits per heavy atom. The maximum Gasteiger partial charge on any atom is 1.00 e. The van der Waals surface area contributed by atoms with Crippen LogP contribution in [0.2, 0.25) is 0 Å². The van der Waals surface area contributed by atoms with E-state index < -0.39 is 24.0 Å². The van der Waals surface area contributed by atoms with Crippen LogP contribution in [0.25, 0.3) is 0 Å². The van der Waals surface area contributed by atoms with Crippen LogP contribution in [-0.2, 0) is 14.3 Å². The fourth-order valence-electron chi connectivity index (χ4n) is 2.56. The van der Waals surface area contributed by atoms with Gasteiger partial charge in [0.1, 0.15) is 12.1 Å². The molecule has 2 atom stereocenters. The number of carbonyl (C=O) groups excluding carboxylic acids is 2. The molecule has 0 aromatic carbocycles. The first-order valence-electron chi connectivity index (χ1n) is 10.3. The van der Waals surface area contributed by atoms with Crippen LogP contribution in [0.1, 0.15) is 93.8 Å². The van der Waals surface area contributed by atoms with E-state index in [0.717, 1.165) is 12.8 Å². The third-order valence-corrected chi connectivity index (χ3v) is 4.52. The van der Waals surface area contributed by atoms with Gasteiger partial charge in [0, 0.05) is 0 Å². The van der Waals surface area contributed by atoms with Gasteiger partial charge in [-0.25, -0.2) is 9.59 Å². The molecule has 2 N–H and O–H groups in total. The van der Waals surface area contributed by atoms with Crippen molar-refractivity contribution in [3.8, 4) is 0 Å². The molecule has 0 unspecified atom stereocenters. The van der Waals surface area contributed by atoms with Crippen molar-refractivity contribution >= 4 is 18.2 Å². The predicted molar refractivity (Wildman–Crippen MR) is 109 cm³/mol. The minimum atomic E-state index is -0.784. The van der Waals surface area contributed by atoms with Crippen LogP contribution in [-0.4, -0.2) is 30.2 Å². The second-order valence-electron chi connectivity index (χ2n) is 7.79. The third-order valence-electron chi connectivity index (χ3n) is 4.52. The fraction of sp³-hybridized carbons (Fsp3) is 0.857. The number of rotatable bonds is 14. The summed E-state index contributed by atoms with van der Waals surface area (Å²) in [5, 5.41) is 0. The molecule has 0 bridgehead atoms. The molecule has 27 heavy (non-hydrogen) atoms. The van der Waals surface area contributed by atoms with E-state index >= 15 is 0 Å². The van der Waals surface area contributed by atoms with Crippen LogP contribution >= 0.6 is 0 Å². The monoisotopic (exact) mass is 392 g/mol. The van der Waals surface area contributed by atoms with Gasteiger partial charge in [-0.2, -0.15) is 0 Å². The zero-order chi connectivity index (χ0) is 19.9. The smallest absolute Gasteiger partial charge is 1.00 e. The summed E-state index contributed by atoms with van der Waals surface area (Å²) in [5.41, 5.74) is 5.73. The summed E-state index contributed by atoms with van der Waals surface area (Å²) in [6.07, 6.45) is 12.8. The summed E-state index contributed by atoms with van der Waals surface area (Å²) in [7, 11) is 0. The van der Waals surface area contributed by atoms with Crippen molar-refractivity contribution < 1.29 is 45.3 Å². The molecule has 154 valence electrons. The fourth-order valence-corrected chi connectivity index (χ4v) is 2.56. The zero-order valence-corrected chi connectivity index (χ0v) is 20.5. The van der Waals surface area contributed by atoms with Crippen molar-refractivity contribution in [2.45, 2.75) is 104 Å². The Balaban J connectivity index is -0.00000312. The molecular formula is C21H41N2NaO3. The van der Waals surface area contributed by atoms with Crippen LogP contribution in [0.4, 0.5) is 0 Å². The average molecular weight is 393 g/mol. The maximum atomic E-state index is 12.2. The molecule has 0 rings (SSSR count). The van der Waals surface area contributed by atoms with Gasteiger partial charge in [-0.05, 0) is 30.9 Å². The summed E-state index contributed by atoms with van der Waals surface area (Å²) >= 11 is 0. The number of nitrogens with two attached hydrogens (primary N) is 1. The topological polar surface area (TPSA) is 81.8 Å². The molecule has 0 radical (unpaired) electrons. The van der Waals surface area contributed by atoms with E-state index in [1.165, 1.54) is 44.9 Å². The quantitative estimate of drug-likeness (QED) is 0.161. The zero-order valence-electron chi connectivity index (χ0n) is 19.5. The number of carbonyl (C=O) groups is 2. The molecule has 0 saturated heterocycles. The van der Waals surface area contributed by atoms with Gasteiger partial charge in [-0.3, -0.25) is 4.99 Å². The third kappa shape index (κ3) is 14.4. The minimum absolute atomic E-state index is 0. The summed E-state index contributed by atoms with van der Waals surface area (Å²) in [6.45, 7) is 9.66. The second-order valence-corrected chi connectivity index (χ2v) is 7.79. The molecule has 0 aliphatic carbocycles. The summed E-state index contributed by atoms with van der Waals surface area (Å²) < 4.78 is 4.92. The Bertz CT molecular complexity index is 432. The van der Waals surface area contributed by atoms with E-state index in [2.05, 4.69) is 11.9 Å². The van der Waals surface area contributed by atoms with Crippen molar-refractivity contribution in [1.82, 2.24) is 0 Å². The Labute approximate surface area is 190 Å². The van der Waals surface area contributed by atoms with Gasteiger partial charge in [-0.15, -0.1) is 0 Å². The van der Waals surface area contributed by atoms with Crippen LogP contribution in [0.15, 0.2) is 4.99 Å². The first-order valence-corrected chi connectivity index (χ1v) is 10.3. The SMILES string of the molecule is CCCCCCCCCCC=N[C@H](C(=O)OC(=O)[C@@H](N)C(C)C)C(C)C.[H-].[Na+].